The second-order valence-electron chi connectivity index (χ2n) is 6.84. The van der Waals surface area contributed by atoms with Crippen LogP contribution in [0.3, 0.4) is 0 Å². The van der Waals surface area contributed by atoms with Gasteiger partial charge in [0, 0.05) is 25.7 Å². The van der Waals surface area contributed by atoms with Gasteiger partial charge in [-0.3, -0.25) is 9.69 Å². The standard InChI is InChI=1S/C20H33N5O2/c1-3-17(27-18-8-6-5-7-9-18)14-23-20(22-4-2)24-16-10-12-25(13-11-16)15-19(21)26/h5-9,16-17H,3-4,10-15H2,1-2H3,(H2,21,26)(H2,22,23,24). The zero-order chi connectivity index (χ0) is 19.5. The number of guanidine groups is 1. The van der Waals surface area contributed by atoms with Crippen LogP contribution in [-0.2, 0) is 4.79 Å². The Morgan fingerprint density at radius 1 is 1.30 bits per heavy atom. The smallest absolute Gasteiger partial charge is 0.231 e. The Labute approximate surface area is 162 Å². The monoisotopic (exact) mass is 375 g/mol. The molecule has 1 amide bonds. The number of ether oxygens (including phenoxy) is 1. The summed E-state index contributed by atoms with van der Waals surface area (Å²) in [4.78, 5) is 17.9. The number of nitrogens with zero attached hydrogens (tertiary/aromatic N) is 2. The number of primary amides is 1. The Balaban J connectivity index is 1.85. The average Bonchev–Trinajstić information content (AvgIpc) is 2.67. The maximum Gasteiger partial charge on any atom is 0.231 e. The Morgan fingerprint density at radius 3 is 2.59 bits per heavy atom. The number of likely N-dealkylation sites (tertiary alicyclic amines) is 1. The lowest BCUT2D eigenvalue weighted by molar-refractivity contribution is -0.119. The molecule has 0 radical (unpaired) electrons. The Morgan fingerprint density at radius 2 is 2.00 bits per heavy atom. The van der Waals surface area contributed by atoms with Gasteiger partial charge in [-0.1, -0.05) is 25.1 Å². The zero-order valence-electron chi connectivity index (χ0n) is 16.5. The van der Waals surface area contributed by atoms with E-state index in [9.17, 15) is 4.79 Å². The molecular weight excluding hydrogens is 342 g/mol. The summed E-state index contributed by atoms with van der Waals surface area (Å²) in [6.07, 6.45) is 2.87. The Hall–Kier alpha value is -2.28. The quantitative estimate of drug-likeness (QED) is 0.448. The number of aliphatic imine (C=N–C) groups is 1. The third-order valence-electron chi connectivity index (χ3n) is 4.61. The van der Waals surface area contributed by atoms with Crippen LogP contribution in [0.25, 0.3) is 0 Å². The number of nitrogens with one attached hydrogen (secondary N) is 2. The lowest BCUT2D eigenvalue weighted by Crippen LogP contribution is -2.50. The van der Waals surface area contributed by atoms with Crippen molar-refractivity contribution < 1.29 is 9.53 Å². The molecule has 7 nitrogen and oxygen atoms in total. The molecule has 1 atom stereocenters. The molecule has 1 aromatic carbocycles. The van der Waals surface area contributed by atoms with Crippen molar-refractivity contribution in [2.24, 2.45) is 10.7 Å². The molecule has 4 N–H and O–H groups in total. The number of nitrogens with two attached hydrogens (primary N) is 1. The molecule has 150 valence electrons. The maximum atomic E-state index is 11.0. The van der Waals surface area contributed by atoms with E-state index in [0.717, 1.165) is 50.6 Å². The van der Waals surface area contributed by atoms with E-state index in [1.165, 1.54) is 0 Å². The Bertz CT molecular complexity index is 585. The normalized spacial score (nSPS) is 17.3. The van der Waals surface area contributed by atoms with E-state index in [0.29, 0.717) is 19.1 Å². The van der Waals surface area contributed by atoms with Crippen molar-refractivity contribution >= 4 is 11.9 Å². The van der Waals surface area contributed by atoms with E-state index in [4.69, 9.17) is 15.5 Å². The molecule has 1 aromatic rings. The summed E-state index contributed by atoms with van der Waals surface area (Å²) in [6, 6.07) is 10.2. The van der Waals surface area contributed by atoms with Crippen LogP contribution in [0.1, 0.15) is 33.1 Å². The first-order chi connectivity index (χ1) is 13.1. The van der Waals surface area contributed by atoms with Crippen molar-refractivity contribution in [3.05, 3.63) is 30.3 Å². The van der Waals surface area contributed by atoms with Gasteiger partial charge in [0.15, 0.2) is 5.96 Å². The number of amides is 1. The summed E-state index contributed by atoms with van der Waals surface area (Å²) in [5.74, 6) is 1.43. The first-order valence-corrected chi connectivity index (χ1v) is 9.87. The van der Waals surface area contributed by atoms with Crippen molar-refractivity contribution in [1.29, 1.82) is 0 Å². The third-order valence-corrected chi connectivity index (χ3v) is 4.61. The fraction of sp³-hybridized carbons (Fsp3) is 0.600. The number of rotatable bonds is 9. The van der Waals surface area contributed by atoms with Gasteiger partial charge in [-0.15, -0.1) is 0 Å². The summed E-state index contributed by atoms with van der Waals surface area (Å²) in [5.41, 5.74) is 5.28. The number of benzene rings is 1. The first-order valence-electron chi connectivity index (χ1n) is 9.87. The van der Waals surface area contributed by atoms with Gasteiger partial charge < -0.3 is 21.1 Å². The second-order valence-corrected chi connectivity index (χ2v) is 6.84. The fourth-order valence-electron chi connectivity index (χ4n) is 3.10. The molecular formula is C20H33N5O2. The minimum absolute atomic E-state index is 0.0419. The van der Waals surface area contributed by atoms with Gasteiger partial charge in [-0.2, -0.15) is 0 Å². The molecule has 1 aliphatic rings. The van der Waals surface area contributed by atoms with Crippen LogP contribution in [0.4, 0.5) is 0 Å². The molecule has 0 saturated carbocycles. The number of carbonyl (C=O) groups is 1. The lowest BCUT2D eigenvalue weighted by Gasteiger charge is -2.32. The van der Waals surface area contributed by atoms with Crippen molar-refractivity contribution in [2.45, 2.75) is 45.3 Å². The van der Waals surface area contributed by atoms with Gasteiger partial charge >= 0.3 is 0 Å². The van der Waals surface area contributed by atoms with E-state index in [-0.39, 0.29) is 12.0 Å². The van der Waals surface area contributed by atoms with Gasteiger partial charge in [0.2, 0.25) is 5.91 Å². The van der Waals surface area contributed by atoms with Crippen LogP contribution < -0.4 is 21.1 Å². The summed E-state index contributed by atoms with van der Waals surface area (Å²) in [7, 11) is 0. The van der Waals surface area contributed by atoms with E-state index in [2.05, 4.69) is 29.4 Å². The van der Waals surface area contributed by atoms with E-state index >= 15 is 0 Å². The van der Waals surface area contributed by atoms with Gasteiger partial charge in [0.25, 0.3) is 0 Å². The first kappa shape index (κ1) is 21.0. The number of hydrogen-bond donors (Lipinski definition) is 3. The number of hydrogen-bond acceptors (Lipinski definition) is 4. The van der Waals surface area contributed by atoms with E-state index in [1.807, 2.05) is 30.3 Å². The molecule has 1 aliphatic heterocycles. The number of piperidine rings is 1. The van der Waals surface area contributed by atoms with Crippen molar-refractivity contribution in [3.8, 4) is 5.75 Å². The highest BCUT2D eigenvalue weighted by Gasteiger charge is 2.21. The highest BCUT2D eigenvalue weighted by molar-refractivity contribution is 5.80. The molecule has 1 saturated heterocycles. The second kappa shape index (κ2) is 11.4. The third kappa shape index (κ3) is 7.86. The lowest BCUT2D eigenvalue weighted by atomic mass is 10.1. The molecule has 27 heavy (non-hydrogen) atoms. The maximum absolute atomic E-state index is 11.0. The van der Waals surface area contributed by atoms with Gasteiger partial charge in [-0.25, -0.2) is 4.99 Å². The fourth-order valence-corrected chi connectivity index (χ4v) is 3.10. The molecule has 1 heterocycles. The van der Waals surface area contributed by atoms with Crippen LogP contribution in [-0.4, -0.2) is 61.6 Å². The van der Waals surface area contributed by atoms with Gasteiger partial charge in [-0.05, 0) is 38.3 Å². The minimum Gasteiger partial charge on any atom is -0.489 e. The van der Waals surface area contributed by atoms with E-state index in [1.54, 1.807) is 0 Å². The summed E-state index contributed by atoms with van der Waals surface area (Å²) in [6.45, 7) is 7.66. The number of para-hydroxylation sites is 1. The summed E-state index contributed by atoms with van der Waals surface area (Å²) < 4.78 is 6.02. The van der Waals surface area contributed by atoms with Gasteiger partial charge in [0.1, 0.15) is 11.9 Å². The average molecular weight is 376 g/mol. The predicted molar refractivity (Wildman–Crippen MR) is 109 cm³/mol. The molecule has 1 fully saturated rings. The number of carbonyl (C=O) groups excluding carboxylic acids is 1. The minimum atomic E-state index is -0.264. The van der Waals surface area contributed by atoms with Crippen molar-refractivity contribution in [3.63, 3.8) is 0 Å². The van der Waals surface area contributed by atoms with Crippen LogP contribution in [0.2, 0.25) is 0 Å². The van der Waals surface area contributed by atoms with E-state index < -0.39 is 0 Å². The highest BCUT2D eigenvalue weighted by atomic mass is 16.5. The zero-order valence-corrected chi connectivity index (χ0v) is 16.5. The van der Waals surface area contributed by atoms with Crippen LogP contribution >= 0.6 is 0 Å². The molecule has 0 aromatic heterocycles. The SMILES string of the molecule is CCNC(=NCC(CC)Oc1ccccc1)NC1CCN(CC(N)=O)CC1. The summed E-state index contributed by atoms with van der Waals surface area (Å²) in [5, 5.41) is 6.83. The Kier molecular flexibility index (Phi) is 8.91. The molecule has 0 aliphatic carbocycles. The molecule has 0 bridgehead atoms. The molecule has 0 spiro atoms. The molecule has 7 heteroatoms. The van der Waals surface area contributed by atoms with Crippen molar-refractivity contribution in [2.75, 3.05) is 32.7 Å². The molecule has 2 rings (SSSR count). The summed E-state index contributed by atoms with van der Waals surface area (Å²) >= 11 is 0. The highest BCUT2D eigenvalue weighted by Crippen LogP contribution is 2.13. The van der Waals surface area contributed by atoms with Crippen molar-refractivity contribution in [1.82, 2.24) is 15.5 Å². The predicted octanol–water partition coefficient (Wildman–Crippen LogP) is 1.35. The van der Waals surface area contributed by atoms with Crippen LogP contribution in [0.15, 0.2) is 35.3 Å². The molecule has 1 unspecified atom stereocenters. The van der Waals surface area contributed by atoms with Crippen LogP contribution in [0, 0.1) is 0 Å². The van der Waals surface area contributed by atoms with Gasteiger partial charge in [0.05, 0.1) is 13.1 Å². The largest absolute Gasteiger partial charge is 0.489 e. The van der Waals surface area contributed by atoms with Crippen LogP contribution in [0.5, 0.6) is 5.75 Å². The topological polar surface area (TPSA) is 92.0 Å².